The molecule has 370 valence electrons. The third-order valence-electron chi connectivity index (χ3n) is 13.4. The first-order chi connectivity index (χ1) is 33.7. The number of carbonyl (C=O) groups excluding carboxylic acids is 3. The van der Waals surface area contributed by atoms with Gasteiger partial charge in [-0.15, -0.1) is 0 Å². The van der Waals surface area contributed by atoms with Crippen LogP contribution in [-0.2, 0) is 16.0 Å². The number of halogens is 4. The summed E-state index contributed by atoms with van der Waals surface area (Å²) in [6, 6.07) is 24.6. The zero-order valence-corrected chi connectivity index (χ0v) is 43.1. The van der Waals surface area contributed by atoms with E-state index in [-0.39, 0.29) is 29.6 Å². The van der Waals surface area contributed by atoms with Crippen molar-refractivity contribution in [2.75, 3.05) is 51.2 Å². The molecule has 4 aliphatic rings. The lowest BCUT2D eigenvalue weighted by atomic mass is 9.87. The van der Waals surface area contributed by atoms with E-state index in [4.69, 9.17) is 55.9 Å². The first kappa shape index (κ1) is 51.3. The molecule has 4 aromatic carbocycles. The second-order valence-corrected chi connectivity index (χ2v) is 19.7. The fraction of sp³-hybridized carbons (Fsp3) is 0.389. The van der Waals surface area contributed by atoms with Gasteiger partial charge in [-0.2, -0.15) is 0 Å². The Morgan fingerprint density at radius 3 is 1.90 bits per heavy atom. The molecule has 0 radical (unpaired) electrons. The van der Waals surface area contributed by atoms with Gasteiger partial charge in [-0.3, -0.25) is 24.4 Å². The molecule has 16 heteroatoms. The van der Waals surface area contributed by atoms with Gasteiger partial charge in [0.2, 0.25) is 0 Å². The number of carbonyl (C=O) groups is 3. The van der Waals surface area contributed by atoms with Gasteiger partial charge in [0.15, 0.2) is 12.1 Å². The SMILES string of the molecule is CCOC(C)Oc1ccc(C(=O)C(C)C2=C(Nc3ccc(Cl)cc3Cl)CCN(N3CCCCC3)C2=O)cc1.Cc1c2c(n(-c3ccc(Cl)cc3Cl)c1-c1ccc(O)cc1)CCN(N1CCCCC1)C2=O. The third-order valence-corrected chi connectivity index (χ3v) is 14.5. The van der Waals surface area contributed by atoms with Gasteiger partial charge in [0.1, 0.15) is 11.5 Å². The summed E-state index contributed by atoms with van der Waals surface area (Å²) in [6.07, 6.45) is 7.66. The highest BCUT2D eigenvalue weighted by Gasteiger charge is 2.38. The fourth-order valence-electron chi connectivity index (χ4n) is 9.97. The van der Waals surface area contributed by atoms with Crippen molar-refractivity contribution in [2.45, 2.75) is 85.4 Å². The first-order valence-corrected chi connectivity index (χ1v) is 25.7. The number of aromatic hydroxyl groups is 1. The summed E-state index contributed by atoms with van der Waals surface area (Å²) in [6.45, 7) is 12.8. The average Bonchev–Trinajstić information content (AvgIpc) is 3.65. The number of nitrogens with one attached hydrogen (secondary N) is 1. The van der Waals surface area contributed by atoms with Crippen molar-refractivity contribution in [3.05, 3.63) is 139 Å². The average molecular weight is 1030 g/mol. The number of hydrogen-bond donors (Lipinski definition) is 2. The van der Waals surface area contributed by atoms with Crippen molar-refractivity contribution in [2.24, 2.45) is 5.92 Å². The number of phenols is 1. The minimum atomic E-state index is -0.669. The Balaban J connectivity index is 0.000000191. The van der Waals surface area contributed by atoms with Crippen LogP contribution in [0.2, 0.25) is 20.1 Å². The number of ether oxygens (including phenoxy) is 2. The summed E-state index contributed by atoms with van der Waals surface area (Å²) in [5, 5.41) is 23.3. The van der Waals surface area contributed by atoms with E-state index in [1.165, 1.54) is 12.8 Å². The second-order valence-electron chi connectivity index (χ2n) is 18.1. The Kier molecular flexibility index (Phi) is 16.9. The standard InChI is InChI=1S/C29H35Cl2N3O4.C25H25Cl2N3O2/c1-4-37-20(3)38-23-11-8-21(9-12-23)28(35)19(2)27-26(32-25-13-10-22(30)18-24(25)31)14-17-34(29(27)36)33-15-6-5-7-16-33;1-16-23-22(11-14-29(25(23)32)28-12-3-2-4-13-28)30(21-10-7-18(26)15-20(21)27)24(16)17-5-8-19(31)9-6-17/h8-13,18-20,32H,4-7,14-17H2,1-3H3;5-10,15,31H,2-4,11-14H2,1H3. The van der Waals surface area contributed by atoms with Crippen molar-refractivity contribution in [1.82, 2.24) is 24.6 Å². The molecule has 2 unspecified atom stereocenters. The van der Waals surface area contributed by atoms with Gasteiger partial charge < -0.3 is 24.5 Å². The largest absolute Gasteiger partial charge is 0.508 e. The van der Waals surface area contributed by atoms with Gasteiger partial charge in [0.25, 0.3) is 11.8 Å². The van der Waals surface area contributed by atoms with Crippen LogP contribution >= 0.6 is 46.4 Å². The van der Waals surface area contributed by atoms with E-state index < -0.39 is 5.92 Å². The maximum Gasteiger partial charge on any atom is 0.270 e. The number of phenolic OH excluding ortho intramolecular Hbond substituents is 1. The molecule has 5 heterocycles. The number of aromatic nitrogens is 1. The zero-order chi connectivity index (χ0) is 49.6. The normalized spacial score (nSPS) is 17.7. The maximum atomic E-state index is 13.9. The van der Waals surface area contributed by atoms with Crippen molar-refractivity contribution in [3.8, 4) is 28.4 Å². The van der Waals surface area contributed by atoms with E-state index in [9.17, 15) is 19.5 Å². The van der Waals surface area contributed by atoms with Gasteiger partial charge in [-0.1, -0.05) is 66.2 Å². The molecule has 70 heavy (non-hydrogen) atoms. The molecule has 1 aromatic heterocycles. The number of hydrazine groups is 2. The summed E-state index contributed by atoms with van der Waals surface area (Å²) in [5.41, 5.74) is 7.57. The Bertz CT molecular complexity index is 2730. The molecule has 0 aliphatic carbocycles. The third kappa shape index (κ3) is 11.3. The van der Waals surface area contributed by atoms with Crippen molar-refractivity contribution < 1.29 is 29.0 Å². The van der Waals surface area contributed by atoms with Gasteiger partial charge >= 0.3 is 0 Å². The molecular weight excluding hydrogens is 970 g/mol. The Hall–Kier alpha value is -5.05. The number of Topliss-reactive ketones (excluding diaryl/α,β-unsaturated/α-hetero) is 1. The van der Waals surface area contributed by atoms with Crippen molar-refractivity contribution in [1.29, 1.82) is 0 Å². The molecule has 5 aromatic rings. The lowest BCUT2D eigenvalue weighted by molar-refractivity contribution is -0.148. The monoisotopic (exact) mass is 1030 g/mol. The number of nitrogens with zero attached hydrogens (tertiary/aromatic N) is 5. The molecule has 9 rings (SSSR count). The zero-order valence-electron chi connectivity index (χ0n) is 40.1. The fourth-order valence-corrected chi connectivity index (χ4v) is 10.9. The van der Waals surface area contributed by atoms with Gasteiger partial charge in [0, 0.05) is 91.3 Å². The second kappa shape index (κ2) is 23.0. The number of benzene rings is 4. The molecule has 2 amide bonds. The minimum absolute atomic E-state index is 0.0505. The predicted molar refractivity (Wildman–Crippen MR) is 278 cm³/mol. The lowest BCUT2D eigenvalue weighted by Crippen LogP contribution is -2.53. The number of piperidine rings is 2. The highest BCUT2D eigenvalue weighted by atomic mass is 35.5. The highest BCUT2D eigenvalue weighted by molar-refractivity contribution is 6.36. The van der Waals surface area contributed by atoms with Crippen molar-refractivity contribution >= 4 is 69.7 Å². The van der Waals surface area contributed by atoms with Crippen LogP contribution in [0.4, 0.5) is 5.69 Å². The van der Waals surface area contributed by atoms with Crippen LogP contribution < -0.4 is 10.1 Å². The molecule has 0 bridgehead atoms. The number of amides is 2. The Morgan fingerprint density at radius 1 is 0.714 bits per heavy atom. The maximum absolute atomic E-state index is 13.9. The van der Waals surface area contributed by atoms with Gasteiger partial charge in [0.05, 0.1) is 38.6 Å². The van der Waals surface area contributed by atoms with Crippen molar-refractivity contribution in [3.63, 3.8) is 0 Å². The molecule has 0 saturated carbocycles. The van der Waals surface area contributed by atoms with Crippen LogP contribution in [0.1, 0.15) is 97.7 Å². The van der Waals surface area contributed by atoms with Crippen LogP contribution in [0, 0.1) is 12.8 Å². The van der Waals surface area contributed by atoms with Crippen LogP contribution in [0.15, 0.2) is 96.2 Å². The Morgan fingerprint density at radius 2 is 1.30 bits per heavy atom. The summed E-state index contributed by atoms with van der Waals surface area (Å²) in [7, 11) is 0. The molecule has 4 aliphatic heterocycles. The first-order valence-electron chi connectivity index (χ1n) is 24.2. The topological polar surface area (TPSA) is 120 Å². The molecule has 2 saturated heterocycles. The number of ketones is 1. The quantitative estimate of drug-likeness (QED) is 0.0877. The molecule has 2 fully saturated rings. The Labute approximate surface area is 430 Å². The van der Waals surface area contributed by atoms with Crippen LogP contribution in [0.5, 0.6) is 11.5 Å². The van der Waals surface area contributed by atoms with Gasteiger partial charge in [-0.05, 0) is 143 Å². The number of hydrogen-bond acceptors (Lipinski definition) is 9. The number of rotatable bonds is 13. The predicted octanol–water partition coefficient (Wildman–Crippen LogP) is 12.4. The highest BCUT2D eigenvalue weighted by Crippen LogP contribution is 2.41. The van der Waals surface area contributed by atoms with E-state index in [0.29, 0.717) is 74.5 Å². The molecule has 12 nitrogen and oxygen atoms in total. The lowest BCUT2D eigenvalue weighted by Gasteiger charge is -2.41. The molecule has 0 spiro atoms. The molecule has 2 atom stereocenters. The van der Waals surface area contributed by atoms with E-state index in [1.54, 1.807) is 67.6 Å². The van der Waals surface area contributed by atoms with Crippen LogP contribution in [0.25, 0.3) is 16.9 Å². The van der Waals surface area contributed by atoms with Crippen LogP contribution in [-0.4, -0.2) is 99.5 Å². The summed E-state index contributed by atoms with van der Waals surface area (Å²) >= 11 is 25.3. The van der Waals surface area contributed by atoms with E-state index >= 15 is 0 Å². The van der Waals surface area contributed by atoms with E-state index in [0.717, 1.165) is 92.0 Å². The molecule has 2 N–H and O–H groups in total. The van der Waals surface area contributed by atoms with E-state index in [2.05, 4.69) is 19.9 Å². The van der Waals surface area contributed by atoms with E-state index in [1.807, 2.05) is 55.1 Å². The smallest absolute Gasteiger partial charge is 0.270 e. The van der Waals surface area contributed by atoms with Crippen LogP contribution in [0.3, 0.4) is 0 Å². The number of anilines is 1. The number of fused-ring (bicyclic) bond motifs is 1. The summed E-state index contributed by atoms with van der Waals surface area (Å²) < 4.78 is 13.2. The summed E-state index contributed by atoms with van der Waals surface area (Å²) in [5.74, 6) is -0.0885. The molecular formula is C54H60Cl4N6O6. The summed E-state index contributed by atoms with van der Waals surface area (Å²) in [4.78, 5) is 41.3. The minimum Gasteiger partial charge on any atom is -0.508 e. The van der Waals surface area contributed by atoms with Gasteiger partial charge in [-0.25, -0.2) is 10.0 Å².